The van der Waals surface area contributed by atoms with E-state index in [-0.39, 0.29) is 5.97 Å². The molecule has 4 heteroatoms. The van der Waals surface area contributed by atoms with Crippen LogP contribution in [0.3, 0.4) is 0 Å². The van der Waals surface area contributed by atoms with E-state index in [2.05, 4.69) is 11.7 Å². The lowest BCUT2D eigenvalue weighted by atomic mass is 10.0. The third kappa shape index (κ3) is 5.91. The number of methoxy groups -OCH3 is 1. The molecule has 0 aliphatic rings. The SMILES string of the molecule is CCCCC[C@@H](O)c1cccc(OCc2ccc(C(=O)OC)cc2)c1. The molecule has 0 aromatic heterocycles. The highest BCUT2D eigenvalue weighted by Crippen LogP contribution is 2.24. The molecule has 0 aliphatic carbocycles. The van der Waals surface area contributed by atoms with Gasteiger partial charge in [-0.15, -0.1) is 0 Å². The number of benzene rings is 2. The summed E-state index contributed by atoms with van der Waals surface area (Å²) in [7, 11) is 1.36. The highest BCUT2D eigenvalue weighted by atomic mass is 16.5. The van der Waals surface area contributed by atoms with Gasteiger partial charge in [0.15, 0.2) is 0 Å². The van der Waals surface area contributed by atoms with E-state index in [1.807, 2.05) is 36.4 Å². The molecule has 0 spiro atoms. The average Bonchev–Trinajstić information content (AvgIpc) is 2.66. The standard InChI is InChI=1S/C21H26O4/c1-3-4-5-9-20(22)18-7-6-8-19(14-18)25-15-16-10-12-17(13-11-16)21(23)24-2/h6-8,10-14,20,22H,3-5,9,15H2,1-2H3/t20-/m1/s1. The zero-order valence-corrected chi connectivity index (χ0v) is 14.9. The van der Waals surface area contributed by atoms with Gasteiger partial charge >= 0.3 is 5.97 Å². The molecular formula is C21H26O4. The Bertz CT molecular complexity index is 664. The van der Waals surface area contributed by atoms with Crippen molar-refractivity contribution in [1.82, 2.24) is 0 Å². The first kappa shape index (κ1) is 19.0. The fourth-order valence-electron chi connectivity index (χ4n) is 2.59. The second-order valence-electron chi connectivity index (χ2n) is 6.06. The molecule has 1 N–H and O–H groups in total. The van der Waals surface area contributed by atoms with Gasteiger partial charge in [-0.2, -0.15) is 0 Å². The molecule has 0 aliphatic heterocycles. The van der Waals surface area contributed by atoms with Crippen molar-refractivity contribution >= 4 is 5.97 Å². The molecule has 2 rings (SSSR count). The van der Waals surface area contributed by atoms with E-state index in [1.165, 1.54) is 7.11 Å². The van der Waals surface area contributed by atoms with Crippen LogP contribution in [0.2, 0.25) is 0 Å². The topological polar surface area (TPSA) is 55.8 Å². The van der Waals surface area contributed by atoms with E-state index in [0.29, 0.717) is 12.2 Å². The Balaban J connectivity index is 1.92. The van der Waals surface area contributed by atoms with E-state index in [4.69, 9.17) is 4.74 Å². The van der Waals surface area contributed by atoms with Gasteiger partial charge in [0.25, 0.3) is 0 Å². The van der Waals surface area contributed by atoms with Gasteiger partial charge < -0.3 is 14.6 Å². The summed E-state index contributed by atoms with van der Waals surface area (Å²) in [6.07, 6.45) is 3.62. The second kappa shape index (κ2) is 9.84. The third-order valence-corrected chi connectivity index (χ3v) is 4.10. The maximum absolute atomic E-state index is 11.4. The summed E-state index contributed by atoms with van der Waals surface area (Å²) in [5.41, 5.74) is 2.36. The first-order chi connectivity index (χ1) is 12.1. The molecule has 0 radical (unpaired) electrons. The molecule has 0 saturated heterocycles. The Labute approximate surface area is 149 Å². The Hall–Kier alpha value is -2.33. The molecule has 25 heavy (non-hydrogen) atoms. The first-order valence-corrected chi connectivity index (χ1v) is 8.72. The van der Waals surface area contributed by atoms with E-state index < -0.39 is 6.10 Å². The van der Waals surface area contributed by atoms with Gasteiger partial charge in [-0.3, -0.25) is 0 Å². The Morgan fingerprint density at radius 3 is 2.56 bits per heavy atom. The van der Waals surface area contributed by atoms with Crippen LogP contribution < -0.4 is 4.74 Å². The summed E-state index contributed by atoms with van der Waals surface area (Å²) >= 11 is 0. The van der Waals surface area contributed by atoms with Crippen molar-refractivity contribution in [3.8, 4) is 5.75 Å². The van der Waals surface area contributed by atoms with Gasteiger partial charge in [0, 0.05) is 0 Å². The maximum Gasteiger partial charge on any atom is 0.337 e. The summed E-state index contributed by atoms with van der Waals surface area (Å²) < 4.78 is 10.5. The van der Waals surface area contributed by atoms with Crippen LogP contribution in [0.15, 0.2) is 48.5 Å². The average molecular weight is 342 g/mol. The molecule has 134 valence electrons. The normalized spacial score (nSPS) is 11.8. The minimum Gasteiger partial charge on any atom is -0.489 e. The summed E-state index contributed by atoms with van der Waals surface area (Å²) in [5, 5.41) is 10.3. The predicted octanol–water partition coefficient (Wildman–Crippen LogP) is 4.67. The summed E-state index contributed by atoms with van der Waals surface area (Å²) in [6.45, 7) is 2.55. The minimum absolute atomic E-state index is 0.350. The summed E-state index contributed by atoms with van der Waals surface area (Å²) in [4.78, 5) is 11.4. The summed E-state index contributed by atoms with van der Waals surface area (Å²) in [5.74, 6) is 0.376. The number of unbranched alkanes of at least 4 members (excludes halogenated alkanes) is 2. The third-order valence-electron chi connectivity index (χ3n) is 4.10. The van der Waals surface area contributed by atoms with E-state index in [0.717, 1.165) is 42.6 Å². The number of aliphatic hydroxyl groups is 1. The van der Waals surface area contributed by atoms with Gasteiger partial charge in [-0.25, -0.2) is 4.79 Å². The Kier molecular flexibility index (Phi) is 7.48. The lowest BCUT2D eigenvalue weighted by Gasteiger charge is -2.13. The van der Waals surface area contributed by atoms with Crippen molar-refractivity contribution in [2.24, 2.45) is 0 Å². The molecule has 2 aromatic carbocycles. The van der Waals surface area contributed by atoms with Gasteiger partial charge in [0.2, 0.25) is 0 Å². The molecule has 0 saturated carbocycles. The van der Waals surface area contributed by atoms with Crippen LogP contribution in [-0.4, -0.2) is 18.2 Å². The van der Waals surface area contributed by atoms with Crippen molar-refractivity contribution < 1.29 is 19.4 Å². The molecule has 0 fully saturated rings. The number of rotatable bonds is 9. The zero-order chi connectivity index (χ0) is 18.1. The quantitative estimate of drug-likeness (QED) is 0.532. The zero-order valence-electron chi connectivity index (χ0n) is 14.9. The van der Waals surface area contributed by atoms with Gasteiger partial charge in [0.1, 0.15) is 12.4 Å². The lowest BCUT2D eigenvalue weighted by molar-refractivity contribution is 0.0600. The number of aliphatic hydroxyl groups excluding tert-OH is 1. The fraction of sp³-hybridized carbons (Fsp3) is 0.381. The molecule has 0 bridgehead atoms. The smallest absolute Gasteiger partial charge is 0.337 e. The van der Waals surface area contributed by atoms with E-state index >= 15 is 0 Å². The van der Waals surface area contributed by atoms with Crippen LogP contribution in [0, 0.1) is 0 Å². The Morgan fingerprint density at radius 1 is 1.12 bits per heavy atom. The Morgan fingerprint density at radius 2 is 1.88 bits per heavy atom. The first-order valence-electron chi connectivity index (χ1n) is 8.72. The molecule has 0 heterocycles. The van der Waals surface area contributed by atoms with Crippen molar-refractivity contribution in [2.75, 3.05) is 7.11 Å². The number of ether oxygens (including phenoxy) is 2. The van der Waals surface area contributed by atoms with Crippen LogP contribution in [0.1, 0.15) is 60.2 Å². The number of esters is 1. The second-order valence-corrected chi connectivity index (χ2v) is 6.06. The van der Waals surface area contributed by atoms with Crippen LogP contribution in [0.5, 0.6) is 5.75 Å². The molecular weight excluding hydrogens is 316 g/mol. The minimum atomic E-state index is -0.450. The van der Waals surface area contributed by atoms with Gasteiger partial charge in [-0.1, -0.05) is 50.5 Å². The molecule has 0 unspecified atom stereocenters. The number of carbonyl (C=O) groups is 1. The number of hydrogen-bond donors (Lipinski definition) is 1. The predicted molar refractivity (Wildman–Crippen MR) is 97.7 cm³/mol. The molecule has 4 nitrogen and oxygen atoms in total. The number of hydrogen-bond acceptors (Lipinski definition) is 4. The monoisotopic (exact) mass is 342 g/mol. The van der Waals surface area contributed by atoms with Crippen molar-refractivity contribution in [2.45, 2.75) is 45.3 Å². The largest absolute Gasteiger partial charge is 0.489 e. The lowest BCUT2D eigenvalue weighted by Crippen LogP contribution is -2.02. The summed E-state index contributed by atoms with van der Waals surface area (Å²) in [6, 6.07) is 14.7. The maximum atomic E-state index is 11.4. The highest BCUT2D eigenvalue weighted by molar-refractivity contribution is 5.89. The van der Waals surface area contributed by atoms with Crippen molar-refractivity contribution in [3.05, 3.63) is 65.2 Å². The van der Waals surface area contributed by atoms with Gasteiger partial charge in [-0.05, 0) is 41.8 Å². The van der Waals surface area contributed by atoms with Crippen LogP contribution >= 0.6 is 0 Å². The molecule has 1 atom stereocenters. The van der Waals surface area contributed by atoms with E-state index in [9.17, 15) is 9.90 Å². The van der Waals surface area contributed by atoms with E-state index in [1.54, 1.807) is 12.1 Å². The fourth-order valence-corrected chi connectivity index (χ4v) is 2.59. The molecule has 2 aromatic rings. The molecule has 0 amide bonds. The van der Waals surface area contributed by atoms with Crippen molar-refractivity contribution in [3.63, 3.8) is 0 Å². The van der Waals surface area contributed by atoms with Gasteiger partial charge in [0.05, 0.1) is 18.8 Å². The van der Waals surface area contributed by atoms with Crippen molar-refractivity contribution in [1.29, 1.82) is 0 Å². The van der Waals surface area contributed by atoms with Crippen LogP contribution in [0.25, 0.3) is 0 Å². The number of carbonyl (C=O) groups excluding carboxylic acids is 1. The highest BCUT2D eigenvalue weighted by Gasteiger charge is 2.09. The van der Waals surface area contributed by atoms with Crippen LogP contribution in [0.4, 0.5) is 0 Å². The van der Waals surface area contributed by atoms with Crippen LogP contribution in [-0.2, 0) is 11.3 Å².